The fourth-order valence-electron chi connectivity index (χ4n) is 1.48. The van der Waals surface area contributed by atoms with Crippen molar-refractivity contribution in [2.75, 3.05) is 7.11 Å². The van der Waals surface area contributed by atoms with Crippen LogP contribution in [-0.4, -0.2) is 7.11 Å². The molecule has 0 aliphatic carbocycles. The molecule has 2 aromatic rings. The Hall–Kier alpha value is -2.00. The van der Waals surface area contributed by atoms with E-state index < -0.39 is 5.82 Å². The van der Waals surface area contributed by atoms with Gasteiger partial charge in [-0.15, -0.1) is 0 Å². The molecule has 0 saturated carbocycles. The number of hydrogen-bond donors (Lipinski definition) is 0. The third kappa shape index (κ3) is 3.73. The summed E-state index contributed by atoms with van der Waals surface area (Å²) in [6, 6.07) is 11.4. The van der Waals surface area contributed by atoms with Gasteiger partial charge in [-0.05, 0) is 48.0 Å². The predicted octanol–water partition coefficient (Wildman–Crippen LogP) is 4.89. The Labute approximate surface area is 116 Å². The van der Waals surface area contributed by atoms with Crippen molar-refractivity contribution >= 4 is 17.7 Å². The lowest BCUT2D eigenvalue weighted by atomic mass is 10.2. The average Bonchev–Trinajstić information content (AvgIpc) is 2.41. The van der Waals surface area contributed by atoms with Gasteiger partial charge in [-0.3, -0.25) is 0 Å². The zero-order valence-corrected chi connectivity index (χ0v) is 11.0. The second kappa shape index (κ2) is 6.25. The quantitative estimate of drug-likeness (QED) is 0.742. The van der Waals surface area contributed by atoms with Crippen molar-refractivity contribution in [1.29, 1.82) is 0 Å². The summed E-state index contributed by atoms with van der Waals surface area (Å²) >= 11 is 5.77. The minimum Gasteiger partial charge on any atom is -0.504 e. The maximum Gasteiger partial charge on any atom is 0.166 e. The summed E-state index contributed by atoms with van der Waals surface area (Å²) in [5.74, 6) is 0.258. The number of methoxy groups -OCH3 is 1. The fraction of sp³-hybridized carbons (Fsp3) is 0.0667. The van der Waals surface area contributed by atoms with E-state index in [9.17, 15) is 4.39 Å². The van der Waals surface area contributed by atoms with E-state index in [-0.39, 0.29) is 5.75 Å². The van der Waals surface area contributed by atoms with Crippen molar-refractivity contribution < 1.29 is 13.9 Å². The summed E-state index contributed by atoms with van der Waals surface area (Å²) < 4.78 is 24.0. The Morgan fingerprint density at radius 3 is 2.47 bits per heavy atom. The van der Waals surface area contributed by atoms with Crippen LogP contribution >= 0.6 is 11.6 Å². The van der Waals surface area contributed by atoms with Crippen LogP contribution in [0.3, 0.4) is 0 Å². The molecule has 2 rings (SSSR count). The molecular formula is C15H12ClFO2. The van der Waals surface area contributed by atoms with Gasteiger partial charge >= 0.3 is 0 Å². The molecule has 0 radical (unpaired) electrons. The molecule has 0 aliphatic heterocycles. The van der Waals surface area contributed by atoms with Gasteiger partial charge in [0.25, 0.3) is 0 Å². The maximum absolute atomic E-state index is 13.8. The second-order valence-electron chi connectivity index (χ2n) is 3.78. The maximum atomic E-state index is 13.8. The minimum absolute atomic E-state index is 0.164. The van der Waals surface area contributed by atoms with E-state index in [0.29, 0.717) is 16.3 Å². The smallest absolute Gasteiger partial charge is 0.166 e. The Kier molecular flexibility index (Phi) is 4.42. The highest BCUT2D eigenvalue weighted by Crippen LogP contribution is 2.26. The van der Waals surface area contributed by atoms with E-state index in [2.05, 4.69) is 0 Å². The highest BCUT2D eigenvalue weighted by atomic mass is 35.5. The van der Waals surface area contributed by atoms with Crippen LogP contribution < -0.4 is 4.74 Å². The summed E-state index contributed by atoms with van der Waals surface area (Å²) in [6.45, 7) is 0. The Morgan fingerprint density at radius 1 is 1.11 bits per heavy atom. The standard InChI is InChI=1S/C15H12ClFO2/c1-18-9-8-11-2-7-15(14(17)10-11)19-13-5-3-12(16)4-6-13/h2-10H,1H3/b9-8+. The van der Waals surface area contributed by atoms with Gasteiger partial charge in [-0.1, -0.05) is 17.7 Å². The van der Waals surface area contributed by atoms with E-state index in [1.165, 1.54) is 19.4 Å². The van der Waals surface area contributed by atoms with Gasteiger partial charge in [-0.2, -0.15) is 0 Å². The number of benzene rings is 2. The van der Waals surface area contributed by atoms with Gasteiger partial charge < -0.3 is 9.47 Å². The first-order valence-corrected chi connectivity index (χ1v) is 5.99. The predicted molar refractivity (Wildman–Crippen MR) is 74.0 cm³/mol. The molecule has 0 saturated heterocycles. The van der Waals surface area contributed by atoms with Crippen LogP contribution in [0.25, 0.3) is 6.08 Å². The largest absolute Gasteiger partial charge is 0.504 e. The Bertz CT molecular complexity index is 579. The lowest BCUT2D eigenvalue weighted by molar-refractivity contribution is 0.341. The van der Waals surface area contributed by atoms with Crippen LogP contribution in [-0.2, 0) is 4.74 Å². The van der Waals surface area contributed by atoms with Crippen molar-refractivity contribution in [3.8, 4) is 11.5 Å². The van der Waals surface area contributed by atoms with Crippen LogP contribution in [0.15, 0.2) is 48.7 Å². The van der Waals surface area contributed by atoms with E-state index >= 15 is 0 Å². The van der Waals surface area contributed by atoms with Crippen LogP contribution in [0.2, 0.25) is 5.02 Å². The fourth-order valence-corrected chi connectivity index (χ4v) is 1.61. The van der Waals surface area contributed by atoms with E-state index in [1.54, 1.807) is 42.5 Å². The number of hydrogen-bond acceptors (Lipinski definition) is 2. The highest BCUT2D eigenvalue weighted by molar-refractivity contribution is 6.30. The average molecular weight is 279 g/mol. The summed E-state index contributed by atoms with van der Waals surface area (Å²) in [5, 5.41) is 0.605. The number of halogens is 2. The highest BCUT2D eigenvalue weighted by Gasteiger charge is 2.05. The lowest BCUT2D eigenvalue weighted by Crippen LogP contribution is -1.89. The summed E-state index contributed by atoms with van der Waals surface area (Å²) in [7, 11) is 1.53. The van der Waals surface area contributed by atoms with Gasteiger partial charge in [0.2, 0.25) is 0 Å². The second-order valence-corrected chi connectivity index (χ2v) is 4.22. The van der Waals surface area contributed by atoms with Crippen LogP contribution in [0, 0.1) is 5.82 Å². The molecule has 19 heavy (non-hydrogen) atoms. The van der Waals surface area contributed by atoms with E-state index in [1.807, 2.05) is 0 Å². The normalized spacial score (nSPS) is 10.7. The van der Waals surface area contributed by atoms with Crippen molar-refractivity contribution in [1.82, 2.24) is 0 Å². The molecule has 0 bridgehead atoms. The Morgan fingerprint density at radius 2 is 1.84 bits per heavy atom. The zero-order valence-electron chi connectivity index (χ0n) is 10.3. The van der Waals surface area contributed by atoms with Gasteiger partial charge in [0.05, 0.1) is 13.4 Å². The van der Waals surface area contributed by atoms with Gasteiger partial charge in [0, 0.05) is 5.02 Å². The first kappa shape index (κ1) is 13.4. The van der Waals surface area contributed by atoms with Gasteiger partial charge in [-0.25, -0.2) is 4.39 Å². The molecule has 0 aliphatic rings. The van der Waals surface area contributed by atoms with Crippen LogP contribution in [0.4, 0.5) is 4.39 Å². The molecular weight excluding hydrogens is 267 g/mol. The van der Waals surface area contributed by atoms with Gasteiger partial charge in [0.1, 0.15) is 5.75 Å². The Balaban J connectivity index is 2.17. The van der Waals surface area contributed by atoms with Crippen molar-refractivity contribution in [3.05, 3.63) is 65.1 Å². The van der Waals surface area contributed by atoms with E-state index in [4.69, 9.17) is 21.1 Å². The molecule has 0 unspecified atom stereocenters. The zero-order chi connectivity index (χ0) is 13.7. The molecule has 0 atom stereocenters. The molecule has 0 N–H and O–H groups in total. The van der Waals surface area contributed by atoms with Crippen molar-refractivity contribution in [3.63, 3.8) is 0 Å². The first-order valence-electron chi connectivity index (χ1n) is 5.61. The molecule has 0 heterocycles. The van der Waals surface area contributed by atoms with Crippen LogP contribution in [0.5, 0.6) is 11.5 Å². The molecule has 4 heteroatoms. The molecule has 2 nitrogen and oxygen atoms in total. The van der Waals surface area contributed by atoms with E-state index in [0.717, 1.165) is 0 Å². The molecule has 2 aromatic carbocycles. The topological polar surface area (TPSA) is 18.5 Å². The summed E-state index contributed by atoms with van der Waals surface area (Å²) in [5.41, 5.74) is 0.697. The minimum atomic E-state index is -0.437. The lowest BCUT2D eigenvalue weighted by Gasteiger charge is -2.07. The first-order chi connectivity index (χ1) is 9.19. The van der Waals surface area contributed by atoms with Crippen molar-refractivity contribution in [2.45, 2.75) is 0 Å². The third-order valence-electron chi connectivity index (χ3n) is 2.39. The van der Waals surface area contributed by atoms with Crippen LogP contribution in [0.1, 0.15) is 5.56 Å². The number of ether oxygens (including phenoxy) is 2. The number of rotatable bonds is 4. The monoisotopic (exact) mass is 278 g/mol. The van der Waals surface area contributed by atoms with Gasteiger partial charge in [0.15, 0.2) is 11.6 Å². The SMILES string of the molecule is CO/C=C/c1ccc(Oc2ccc(Cl)cc2)c(F)c1. The molecule has 0 fully saturated rings. The molecule has 98 valence electrons. The molecule has 0 spiro atoms. The third-order valence-corrected chi connectivity index (χ3v) is 2.65. The molecule has 0 aromatic heterocycles. The summed E-state index contributed by atoms with van der Waals surface area (Å²) in [4.78, 5) is 0. The van der Waals surface area contributed by atoms with Crippen molar-refractivity contribution in [2.24, 2.45) is 0 Å². The molecule has 0 amide bonds. The summed E-state index contributed by atoms with van der Waals surface area (Å²) in [6.07, 6.45) is 3.14.